The third kappa shape index (κ3) is 5.69. The van der Waals surface area contributed by atoms with Crippen LogP contribution in [0.5, 0.6) is 0 Å². The maximum absolute atomic E-state index is 3.49. The smallest absolute Gasteiger partial charge is 0.0285 e. The van der Waals surface area contributed by atoms with Gasteiger partial charge in [-0.2, -0.15) is 0 Å². The first-order valence-electron chi connectivity index (χ1n) is 5.54. The maximum Gasteiger partial charge on any atom is 0.0285 e. The van der Waals surface area contributed by atoms with Gasteiger partial charge in [0.05, 0.1) is 0 Å². The average molecular weight is 290 g/mol. The molecule has 0 aromatic carbocycles. The Morgan fingerprint density at radius 2 is 2.13 bits per heavy atom. The summed E-state index contributed by atoms with van der Waals surface area (Å²) in [5.41, 5.74) is 0. The average Bonchev–Trinajstić information content (AvgIpc) is 2.50. The van der Waals surface area contributed by atoms with Gasteiger partial charge in [0.2, 0.25) is 0 Å². The Hall–Kier alpha value is 0.140. The summed E-state index contributed by atoms with van der Waals surface area (Å²) in [7, 11) is 0. The van der Waals surface area contributed by atoms with E-state index in [0.29, 0.717) is 6.04 Å². The molecule has 15 heavy (non-hydrogen) atoms. The fourth-order valence-corrected chi connectivity index (χ4v) is 3.14. The van der Waals surface area contributed by atoms with Crippen LogP contribution < -0.4 is 5.32 Å². The molecule has 3 heteroatoms. The molecular formula is C12H20BrNS. The summed E-state index contributed by atoms with van der Waals surface area (Å²) in [6.07, 6.45) is 2.46. The van der Waals surface area contributed by atoms with Crippen LogP contribution in [-0.2, 0) is 6.42 Å². The van der Waals surface area contributed by atoms with Gasteiger partial charge in [0, 0.05) is 20.8 Å². The van der Waals surface area contributed by atoms with Crippen molar-refractivity contribution in [3.05, 3.63) is 20.8 Å². The van der Waals surface area contributed by atoms with E-state index >= 15 is 0 Å². The molecule has 0 amide bonds. The zero-order chi connectivity index (χ0) is 11.3. The van der Waals surface area contributed by atoms with Crippen LogP contribution in [0.4, 0.5) is 0 Å². The minimum Gasteiger partial charge on any atom is -0.315 e. The minimum absolute atomic E-state index is 0.605. The number of nitrogens with one attached hydrogen (secondary N) is 1. The van der Waals surface area contributed by atoms with E-state index in [0.717, 1.165) is 12.5 Å². The molecule has 86 valence electrons. The van der Waals surface area contributed by atoms with Crippen LogP contribution in [0.25, 0.3) is 0 Å². The number of rotatable bonds is 6. The molecule has 1 atom stereocenters. The minimum atomic E-state index is 0.605. The summed E-state index contributed by atoms with van der Waals surface area (Å²) in [5, 5.41) is 5.62. The molecule has 0 radical (unpaired) electrons. The molecule has 1 heterocycles. The standard InChI is InChI=1S/C12H20BrNS/c1-9(2)14-5-4-10(3)6-12-7-11(13)8-15-12/h7-10,14H,4-6H2,1-3H3. The lowest BCUT2D eigenvalue weighted by atomic mass is 10.0. The van der Waals surface area contributed by atoms with E-state index in [1.54, 1.807) is 0 Å². The molecule has 0 aliphatic heterocycles. The lowest BCUT2D eigenvalue weighted by Crippen LogP contribution is -2.25. The van der Waals surface area contributed by atoms with Gasteiger partial charge < -0.3 is 5.32 Å². The molecule has 1 aromatic heterocycles. The Morgan fingerprint density at radius 1 is 1.40 bits per heavy atom. The van der Waals surface area contributed by atoms with Crippen molar-refractivity contribution in [1.29, 1.82) is 0 Å². The lowest BCUT2D eigenvalue weighted by molar-refractivity contribution is 0.478. The second-order valence-corrected chi connectivity index (χ2v) is 6.35. The normalized spacial score (nSPS) is 13.4. The number of hydrogen-bond acceptors (Lipinski definition) is 2. The first kappa shape index (κ1) is 13.2. The Morgan fingerprint density at radius 3 is 2.67 bits per heavy atom. The van der Waals surface area contributed by atoms with Crippen molar-refractivity contribution in [2.24, 2.45) is 5.92 Å². The van der Waals surface area contributed by atoms with Crippen LogP contribution in [-0.4, -0.2) is 12.6 Å². The van der Waals surface area contributed by atoms with Crippen molar-refractivity contribution in [2.75, 3.05) is 6.54 Å². The van der Waals surface area contributed by atoms with Gasteiger partial charge >= 0.3 is 0 Å². The van der Waals surface area contributed by atoms with Gasteiger partial charge in [-0.15, -0.1) is 11.3 Å². The lowest BCUT2D eigenvalue weighted by Gasteiger charge is -2.12. The van der Waals surface area contributed by atoms with E-state index in [2.05, 4.69) is 53.5 Å². The van der Waals surface area contributed by atoms with Crippen molar-refractivity contribution < 1.29 is 0 Å². The van der Waals surface area contributed by atoms with Crippen molar-refractivity contribution in [3.8, 4) is 0 Å². The third-order valence-corrected chi connectivity index (χ3v) is 4.08. The molecular weight excluding hydrogens is 270 g/mol. The summed E-state index contributed by atoms with van der Waals surface area (Å²) in [4.78, 5) is 1.49. The zero-order valence-corrected chi connectivity index (χ0v) is 12.1. The predicted molar refractivity (Wildman–Crippen MR) is 72.6 cm³/mol. The topological polar surface area (TPSA) is 12.0 Å². The van der Waals surface area contributed by atoms with Crippen molar-refractivity contribution in [2.45, 2.75) is 39.7 Å². The van der Waals surface area contributed by atoms with Crippen LogP contribution in [0.3, 0.4) is 0 Å². The fourth-order valence-electron chi connectivity index (χ4n) is 1.52. The molecule has 1 rings (SSSR count). The molecule has 0 saturated heterocycles. The van der Waals surface area contributed by atoms with Crippen LogP contribution in [0.15, 0.2) is 15.9 Å². The van der Waals surface area contributed by atoms with Crippen molar-refractivity contribution in [3.63, 3.8) is 0 Å². The van der Waals surface area contributed by atoms with E-state index in [4.69, 9.17) is 0 Å². The highest BCUT2D eigenvalue weighted by molar-refractivity contribution is 9.10. The van der Waals surface area contributed by atoms with E-state index < -0.39 is 0 Å². The van der Waals surface area contributed by atoms with E-state index in [1.165, 1.54) is 22.2 Å². The molecule has 0 spiro atoms. The Kier molecular flexibility index (Phi) is 5.87. The maximum atomic E-state index is 3.49. The molecule has 0 aliphatic carbocycles. The molecule has 1 N–H and O–H groups in total. The zero-order valence-electron chi connectivity index (χ0n) is 9.72. The summed E-state index contributed by atoms with van der Waals surface area (Å²) in [6.45, 7) is 7.85. The van der Waals surface area contributed by atoms with Gasteiger partial charge in [-0.3, -0.25) is 0 Å². The SMILES string of the molecule is CC(CCNC(C)C)Cc1cc(Br)cs1. The van der Waals surface area contributed by atoms with Crippen LogP contribution in [0.2, 0.25) is 0 Å². The molecule has 1 nitrogen and oxygen atoms in total. The van der Waals surface area contributed by atoms with E-state index in [1.807, 2.05) is 11.3 Å². The summed E-state index contributed by atoms with van der Waals surface area (Å²) in [6, 6.07) is 2.84. The molecule has 0 saturated carbocycles. The van der Waals surface area contributed by atoms with Gasteiger partial charge in [0.25, 0.3) is 0 Å². The first-order valence-corrected chi connectivity index (χ1v) is 7.21. The highest BCUT2D eigenvalue weighted by Crippen LogP contribution is 2.23. The van der Waals surface area contributed by atoms with Gasteiger partial charge in [-0.25, -0.2) is 0 Å². The summed E-state index contributed by atoms with van der Waals surface area (Å²) >= 11 is 5.34. The molecule has 1 aromatic rings. The number of thiophene rings is 1. The van der Waals surface area contributed by atoms with Crippen LogP contribution in [0, 0.1) is 5.92 Å². The number of hydrogen-bond donors (Lipinski definition) is 1. The molecule has 1 unspecified atom stereocenters. The molecule has 0 bridgehead atoms. The van der Waals surface area contributed by atoms with E-state index in [-0.39, 0.29) is 0 Å². The van der Waals surface area contributed by atoms with Crippen LogP contribution in [0.1, 0.15) is 32.1 Å². The highest BCUT2D eigenvalue weighted by Gasteiger charge is 2.05. The Balaban J connectivity index is 2.21. The summed E-state index contributed by atoms with van der Waals surface area (Å²) < 4.78 is 1.22. The van der Waals surface area contributed by atoms with Gasteiger partial charge in [-0.05, 0) is 47.3 Å². The molecule has 0 fully saturated rings. The Bertz CT molecular complexity index is 283. The van der Waals surface area contributed by atoms with Gasteiger partial charge in [-0.1, -0.05) is 20.8 Å². The predicted octanol–water partition coefficient (Wildman–Crippen LogP) is 4.08. The Labute approximate surface area is 105 Å². The van der Waals surface area contributed by atoms with Gasteiger partial charge in [0.1, 0.15) is 0 Å². The van der Waals surface area contributed by atoms with Crippen molar-refractivity contribution in [1.82, 2.24) is 5.32 Å². The highest BCUT2D eigenvalue weighted by atomic mass is 79.9. The summed E-state index contributed by atoms with van der Waals surface area (Å²) in [5.74, 6) is 0.766. The second-order valence-electron chi connectivity index (χ2n) is 4.44. The van der Waals surface area contributed by atoms with Gasteiger partial charge in [0.15, 0.2) is 0 Å². The fraction of sp³-hybridized carbons (Fsp3) is 0.667. The molecule has 0 aliphatic rings. The monoisotopic (exact) mass is 289 g/mol. The van der Waals surface area contributed by atoms with E-state index in [9.17, 15) is 0 Å². The second kappa shape index (κ2) is 6.66. The number of halogens is 1. The third-order valence-electron chi connectivity index (χ3n) is 2.36. The largest absolute Gasteiger partial charge is 0.315 e. The van der Waals surface area contributed by atoms with Crippen molar-refractivity contribution >= 4 is 27.3 Å². The first-order chi connectivity index (χ1) is 7.08. The van der Waals surface area contributed by atoms with Crippen LogP contribution >= 0.6 is 27.3 Å². The quantitative estimate of drug-likeness (QED) is 0.832.